The Balaban J connectivity index is 3.52. The second-order valence-corrected chi connectivity index (χ2v) is 15.6. The van der Waals surface area contributed by atoms with E-state index >= 15 is 0 Å². The largest absolute Gasteiger partial charge is 0.394 e. The van der Waals surface area contributed by atoms with Crippen LogP contribution in [0.2, 0.25) is 0 Å². The molecule has 0 aliphatic heterocycles. The lowest BCUT2D eigenvalue weighted by molar-refractivity contribution is -0.131. The molecule has 3 unspecified atom stereocenters. The van der Waals surface area contributed by atoms with Crippen LogP contribution in [-0.2, 0) is 4.79 Å². The van der Waals surface area contributed by atoms with Crippen molar-refractivity contribution < 1.29 is 20.1 Å². The molecular weight excluding hydrogens is 631 g/mol. The Kier molecular flexibility index (Phi) is 40.6. The topological polar surface area (TPSA) is 89.8 Å². The van der Waals surface area contributed by atoms with Crippen LogP contribution in [0, 0.1) is 0 Å². The fraction of sp³-hybridized carbons (Fsp3) is 0.891. The number of hydrogen-bond donors (Lipinski definition) is 4. The zero-order valence-corrected chi connectivity index (χ0v) is 34.2. The quantitative estimate of drug-likeness (QED) is 0.0374. The van der Waals surface area contributed by atoms with Crippen molar-refractivity contribution in [2.24, 2.45) is 0 Å². The molecule has 0 aromatic heterocycles. The smallest absolute Gasteiger partial charge is 0.249 e. The van der Waals surface area contributed by atoms with Crippen molar-refractivity contribution in [3.05, 3.63) is 24.3 Å². The van der Waals surface area contributed by atoms with Gasteiger partial charge in [0.2, 0.25) is 5.91 Å². The Bertz CT molecular complexity index is 754. The van der Waals surface area contributed by atoms with Crippen molar-refractivity contribution >= 4 is 5.91 Å². The third-order valence-electron chi connectivity index (χ3n) is 10.5. The van der Waals surface area contributed by atoms with Gasteiger partial charge >= 0.3 is 0 Å². The molecule has 0 bridgehead atoms. The highest BCUT2D eigenvalue weighted by Gasteiger charge is 2.22. The fourth-order valence-corrected chi connectivity index (χ4v) is 6.94. The van der Waals surface area contributed by atoms with E-state index in [1.807, 2.05) is 6.08 Å². The van der Waals surface area contributed by atoms with E-state index in [4.69, 9.17) is 0 Å². The molecule has 0 aromatic rings. The minimum atomic E-state index is -1.09. The Labute approximate surface area is 318 Å². The number of amides is 1. The molecule has 0 rings (SSSR count). The molecule has 302 valence electrons. The zero-order valence-electron chi connectivity index (χ0n) is 34.2. The second-order valence-electron chi connectivity index (χ2n) is 15.6. The van der Waals surface area contributed by atoms with Gasteiger partial charge in [0.05, 0.1) is 18.8 Å². The van der Waals surface area contributed by atoms with Gasteiger partial charge in [-0.1, -0.05) is 218 Å². The molecular formula is C46H89NO4. The summed E-state index contributed by atoms with van der Waals surface area (Å²) in [7, 11) is 0. The predicted molar refractivity (Wildman–Crippen MR) is 222 cm³/mol. The number of allylic oxidation sites excluding steroid dienone is 3. The van der Waals surface area contributed by atoms with Gasteiger partial charge in [-0.2, -0.15) is 0 Å². The summed E-state index contributed by atoms with van der Waals surface area (Å²) in [4.78, 5) is 12.4. The molecule has 0 heterocycles. The van der Waals surface area contributed by atoms with Crippen molar-refractivity contribution in [2.75, 3.05) is 6.61 Å². The Hall–Kier alpha value is -1.17. The van der Waals surface area contributed by atoms with Crippen molar-refractivity contribution in [1.82, 2.24) is 5.32 Å². The van der Waals surface area contributed by atoms with E-state index in [9.17, 15) is 20.1 Å². The van der Waals surface area contributed by atoms with Gasteiger partial charge in [0, 0.05) is 0 Å². The number of carbonyl (C=O) groups excluding carboxylic acids is 1. The molecule has 4 N–H and O–H groups in total. The zero-order chi connectivity index (χ0) is 37.3. The molecule has 0 saturated carbocycles. The van der Waals surface area contributed by atoms with Crippen LogP contribution < -0.4 is 5.32 Å². The van der Waals surface area contributed by atoms with Gasteiger partial charge in [0.1, 0.15) is 6.10 Å². The molecule has 0 fully saturated rings. The number of aliphatic hydroxyl groups is 3. The third kappa shape index (κ3) is 37.0. The molecule has 3 atom stereocenters. The van der Waals surface area contributed by atoms with Gasteiger partial charge in [0.25, 0.3) is 0 Å². The van der Waals surface area contributed by atoms with Gasteiger partial charge in [-0.15, -0.1) is 0 Å². The maximum absolute atomic E-state index is 12.4. The first kappa shape index (κ1) is 49.8. The van der Waals surface area contributed by atoms with E-state index in [1.165, 1.54) is 186 Å². The Morgan fingerprint density at radius 2 is 0.784 bits per heavy atom. The molecule has 0 spiro atoms. The summed E-state index contributed by atoms with van der Waals surface area (Å²) in [6.45, 7) is 4.16. The lowest BCUT2D eigenvalue weighted by atomic mass is 10.0. The van der Waals surface area contributed by atoms with Crippen molar-refractivity contribution in [2.45, 2.75) is 257 Å². The number of rotatable bonds is 41. The van der Waals surface area contributed by atoms with Crippen molar-refractivity contribution in [1.29, 1.82) is 0 Å². The van der Waals surface area contributed by atoms with Crippen LogP contribution in [0.15, 0.2) is 24.3 Å². The normalized spacial score (nSPS) is 13.7. The lowest BCUT2D eigenvalue weighted by Gasteiger charge is -2.21. The second kappa shape index (κ2) is 41.6. The number of carbonyl (C=O) groups is 1. The predicted octanol–water partition coefficient (Wildman–Crippen LogP) is 13.0. The summed E-state index contributed by atoms with van der Waals surface area (Å²) < 4.78 is 0. The third-order valence-corrected chi connectivity index (χ3v) is 10.5. The average molecular weight is 720 g/mol. The molecule has 0 aromatic carbocycles. The fourth-order valence-electron chi connectivity index (χ4n) is 6.94. The SMILES string of the molecule is CCCCCCCCC/C=C/C(O)C(CO)NC(=O)C(O)CCCCCCCCCCCCCC/C=C\CCCCCCCCCCCCCC. The maximum atomic E-state index is 12.4. The number of hydrogen-bond acceptors (Lipinski definition) is 4. The van der Waals surface area contributed by atoms with Crippen LogP contribution >= 0.6 is 0 Å². The van der Waals surface area contributed by atoms with Crippen LogP contribution in [0.5, 0.6) is 0 Å². The monoisotopic (exact) mass is 720 g/mol. The minimum Gasteiger partial charge on any atom is -0.394 e. The highest BCUT2D eigenvalue weighted by molar-refractivity contribution is 5.80. The van der Waals surface area contributed by atoms with Crippen LogP contribution in [0.4, 0.5) is 0 Å². The standard InChI is InChI=1S/C46H89NO4/c1-3-5-7-9-11-13-14-15-16-17-18-19-20-21-22-23-24-25-26-27-28-29-30-31-33-35-37-39-41-45(50)46(51)47-43(42-48)44(49)40-38-36-34-32-12-10-8-6-4-2/h21-22,38,40,43-45,48-50H,3-20,23-37,39,41-42H2,1-2H3,(H,47,51)/b22-21-,40-38+. The summed E-state index contributed by atoms with van der Waals surface area (Å²) in [5.41, 5.74) is 0. The van der Waals surface area contributed by atoms with E-state index < -0.39 is 24.2 Å². The number of aliphatic hydroxyl groups excluding tert-OH is 3. The first-order valence-electron chi connectivity index (χ1n) is 22.7. The highest BCUT2D eigenvalue weighted by Crippen LogP contribution is 2.16. The first-order valence-corrected chi connectivity index (χ1v) is 22.7. The molecule has 0 aliphatic rings. The molecule has 0 radical (unpaired) electrons. The molecule has 5 heteroatoms. The van der Waals surface area contributed by atoms with Gasteiger partial charge in [-0.3, -0.25) is 4.79 Å². The van der Waals surface area contributed by atoms with Gasteiger partial charge in [-0.05, 0) is 44.9 Å². The number of unbranched alkanes of at least 4 members (excludes halogenated alkanes) is 31. The summed E-state index contributed by atoms with van der Waals surface area (Å²) in [5, 5.41) is 33.0. The van der Waals surface area contributed by atoms with E-state index in [-0.39, 0.29) is 6.61 Å². The van der Waals surface area contributed by atoms with Crippen LogP contribution in [-0.4, -0.2) is 46.1 Å². The van der Waals surface area contributed by atoms with Gasteiger partial charge < -0.3 is 20.6 Å². The first-order chi connectivity index (χ1) is 25.1. The van der Waals surface area contributed by atoms with E-state index in [2.05, 4.69) is 31.3 Å². The molecule has 1 amide bonds. The minimum absolute atomic E-state index is 0.363. The molecule has 0 saturated heterocycles. The molecule has 51 heavy (non-hydrogen) atoms. The summed E-state index contributed by atoms with van der Waals surface area (Å²) in [5.74, 6) is -0.505. The van der Waals surface area contributed by atoms with Crippen LogP contribution in [0.25, 0.3) is 0 Å². The number of nitrogens with one attached hydrogen (secondary N) is 1. The lowest BCUT2D eigenvalue weighted by Crippen LogP contribution is -2.48. The van der Waals surface area contributed by atoms with E-state index in [0.717, 1.165) is 32.1 Å². The summed E-state index contributed by atoms with van der Waals surface area (Å²) in [6.07, 6.45) is 50.9. The average Bonchev–Trinajstić information content (AvgIpc) is 3.13. The summed E-state index contributed by atoms with van der Waals surface area (Å²) in [6, 6.07) is -0.793. The molecule has 0 aliphatic carbocycles. The molecule has 5 nitrogen and oxygen atoms in total. The Morgan fingerprint density at radius 1 is 0.471 bits per heavy atom. The van der Waals surface area contributed by atoms with E-state index in [0.29, 0.717) is 6.42 Å². The van der Waals surface area contributed by atoms with Gasteiger partial charge in [-0.25, -0.2) is 0 Å². The van der Waals surface area contributed by atoms with E-state index in [1.54, 1.807) is 6.08 Å². The van der Waals surface area contributed by atoms with Gasteiger partial charge in [0.15, 0.2) is 0 Å². The summed E-state index contributed by atoms with van der Waals surface area (Å²) >= 11 is 0. The van der Waals surface area contributed by atoms with Crippen molar-refractivity contribution in [3.8, 4) is 0 Å². The highest BCUT2D eigenvalue weighted by atomic mass is 16.3. The maximum Gasteiger partial charge on any atom is 0.249 e. The Morgan fingerprint density at radius 3 is 1.14 bits per heavy atom. The van der Waals surface area contributed by atoms with Crippen LogP contribution in [0.3, 0.4) is 0 Å². The van der Waals surface area contributed by atoms with Crippen molar-refractivity contribution in [3.63, 3.8) is 0 Å². The van der Waals surface area contributed by atoms with Crippen LogP contribution in [0.1, 0.15) is 239 Å².